The molecule has 76 valence electrons. The van der Waals surface area contributed by atoms with Crippen molar-refractivity contribution < 1.29 is 4.79 Å². The lowest BCUT2D eigenvalue weighted by molar-refractivity contribution is 0.0995. The predicted molar refractivity (Wildman–Crippen MR) is 55.1 cm³/mol. The molecule has 0 fully saturated rings. The lowest BCUT2D eigenvalue weighted by Crippen LogP contribution is -2.13. The number of hydrogen-bond donors (Lipinski definition) is 2. The van der Waals surface area contributed by atoms with E-state index >= 15 is 0 Å². The lowest BCUT2D eigenvalue weighted by atomic mass is 10.2. The number of rotatable bonds is 2. The summed E-state index contributed by atoms with van der Waals surface area (Å²) in [5.74, 6) is -0.533. The van der Waals surface area contributed by atoms with Gasteiger partial charge in [0.2, 0.25) is 0 Å². The van der Waals surface area contributed by atoms with Gasteiger partial charge in [0, 0.05) is 0 Å². The maximum absolute atomic E-state index is 10.9. The fourth-order valence-electron chi connectivity index (χ4n) is 1.32. The first kappa shape index (κ1) is 9.39. The molecule has 3 N–H and O–H groups in total. The van der Waals surface area contributed by atoms with Gasteiger partial charge in [-0.25, -0.2) is 4.98 Å². The number of primary amides is 1. The molecule has 0 bridgehead atoms. The van der Waals surface area contributed by atoms with Crippen LogP contribution in [0.25, 0.3) is 11.4 Å². The van der Waals surface area contributed by atoms with Gasteiger partial charge in [-0.15, -0.1) is 0 Å². The van der Waals surface area contributed by atoms with E-state index < -0.39 is 5.91 Å². The molecule has 2 rings (SSSR count). The van der Waals surface area contributed by atoms with E-state index in [-0.39, 0.29) is 5.69 Å². The molecule has 0 saturated carbocycles. The van der Waals surface area contributed by atoms with Crippen LogP contribution in [0.2, 0.25) is 0 Å². The minimum absolute atomic E-state index is 0.251. The molecule has 0 radical (unpaired) electrons. The van der Waals surface area contributed by atoms with E-state index in [0.29, 0.717) is 5.69 Å². The van der Waals surface area contributed by atoms with Gasteiger partial charge in [-0.3, -0.25) is 9.89 Å². The van der Waals surface area contributed by atoms with Crippen molar-refractivity contribution in [1.82, 2.24) is 15.2 Å². The van der Waals surface area contributed by atoms with Crippen LogP contribution in [0.5, 0.6) is 0 Å². The van der Waals surface area contributed by atoms with E-state index in [0.717, 1.165) is 11.3 Å². The first-order chi connectivity index (χ1) is 7.18. The van der Waals surface area contributed by atoms with Gasteiger partial charge in [0.25, 0.3) is 5.91 Å². The van der Waals surface area contributed by atoms with E-state index in [9.17, 15) is 4.79 Å². The molecular formula is C10H10N4O. The van der Waals surface area contributed by atoms with Crippen LogP contribution in [0.3, 0.4) is 0 Å². The standard InChI is InChI=1S/C10H10N4O/c1-6-5-12-14-9(6)7-3-2-4-8(13-7)10(11)15/h2-5H,1H3,(H2,11,15)(H,12,14). The van der Waals surface area contributed by atoms with Crippen molar-refractivity contribution in [3.8, 4) is 11.4 Å². The first-order valence-electron chi connectivity index (χ1n) is 4.45. The number of H-pyrrole nitrogens is 1. The maximum Gasteiger partial charge on any atom is 0.267 e. The first-order valence-corrected chi connectivity index (χ1v) is 4.45. The maximum atomic E-state index is 10.9. The fourth-order valence-corrected chi connectivity index (χ4v) is 1.32. The molecule has 0 aliphatic rings. The molecule has 1 amide bonds. The van der Waals surface area contributed by atoms with Crippen molar-refractivity contribution >= 4 is 5.91 Å². The third kappa shape index (κ3) is 1.71. The number of nitrogens with one attached hydrogen (secondary N) is 1. The molecule has 0 saturated heterocycles. The van der Waals surface area contributed by atoms with Crippen LogP contribution in [0, 0.1) is 6.92 Å². The average molecular weight is 202 g/mol. The molecule has 0 aromatic carbocycles. The number of nitrogens with zero attached hydrogens (tertiary/aromatic N) is 2. The van der Waals surface area contributed by atoms with Gasteiger partial charge in [0.05, 0.1) is 17.6 Å². The molecule has 0 atom stereocenters. The number of aryl methyl sites for hydroxylation is 1. The van der Waals surface area contributed by atoms with Crippen molar-refractivity contribution in [3.05, 3.63) is 35.7 Å². The van der Waals surface area contributed by atoms with Crippen molar-refractivity contribution in [2.24, 2.45) is 5.73 Å². The molecule has 0 unspecified atom stereocenters. The summed E-state index contributed by atoms with van der Waals surface area (Å²) in [5, 5.41) is 6.71. The number of carbonyl (C=O) groups excluding carboxylic acids is 1. The van der Waals surface area contributed by atoms with Crippen molar-refractivity contribution in [1.29, 1.82) is 0 Å². The number of nitrogens with two attached hydrogens (primary N) is 1. The highest BCUT2D eigenvalue weighted by molar-refractivity contribution is 5.91. The molecule has 0 aliphatic heterocycles. The Balaban J connectivity index is 2.50. The minimum atomic E-state index is -0.533. The summed E-state index contributed by atoms with van der Waals surface area (Å²) < 4.78 is 0. The Bertz CT molecular complexity index is 504. The van der Waals surface area contributed by atoms with Gasteiger partial charge in [-0.05, 0) is 24.6 Å². The Kier molecular flexibility index (Phi) is 2.21. The van der Waals surface area contributed by atoms with E-state index in [4.69, 9.17) is 5.73 Å². The zero-order valence-corrected chi connectivity index (χ0v) is 8.19. The monoisotopic (exact) mass is 202 g/mol. The van der Waals surface area contributed by atoms with Crippen LogP contribution in [0.4, 0.5) is 0 Å². The van der Waals surface area contributed by atoms with Crippen molar-refractivity contribution in [3.63, 3.8) is 0 Å². The second-order valence-electron chi connectivity index (χ2n) is 3.20. The molecule has 5 heteroatoms. The molecule has 2 heterocycles. The number of aromatic amines is 1. The highest BCUT2D eigenvalue weighted by Crippen LogP contribution is 2.17. The third-order valence-electron chi connectivity index (χ3n) is 2.09. The van der Waals surface area contributed by atoms with Crippen LogP contribution in [-0.4, -0.2) is 21.1 Å². The SMILES string of the molecule is Cc1cn[nH]c1-c1cccc(C(N)=O)n1. The highest BCUT2D eigenvalue weighted by atomic mass is 16.1. The Morgan fingerprint density at radius 2 is 2.27 bits per heavy atom. The normalized spacial score (nSPS) is 10.2. The van der Waals surface area contributed by atoms with Gasteiger partial charge in [0.15, 0.2) is 0 Å². The fraction of sp³-hybridized carbons (Fsp3) is 0.100. The van der Waals surface area contributed by atoms with Crippen molar-refractivity contribution in [2.45, 2.75) is 6.92 Å². The molecule has 2 aromatic heterocycles. The smallest absolute Gasteiger partial charge is 0.267 e. The van der Waals surface area contributed by atoms with E-state index in [1.165, 1.54) is 0 Å². The molecule has 5 nitrogen and oxygen atoms in total. The highest BCUT2D eigenvalue weighted by Gasteiger charge is 2.08. The summed E-state index contributed by atoms with van der Waals surface area (Å²) in [6.07, 6.45) is 1.70. The lowest BCUT2D eigenvalue weighted by Gasteiger charge is -2.00. The molecule has 0 spiro atoms. The summed E-state index contributed by atoms with van der Waals surface area (Å²) in [5.41, 5.74) is 7.85. The average Bonchev–Trinajstić information content (AvgIpc) is 2.64. The molecular weight excluding hydrogens is 192 g/mol. The zero-order chi connectivity index (χ0) is 10.8. The summed E-state index contributed by atoms with van der Waals surface area (Å²) in [7, 11) is 0. The number of pyridine rings is 1. The second-order valence-corrected chi connectivity index (χ2v) is 3.20. The number of carbonyl (C=O) groups is 1. The number of aromatic nitrogens is 3. The largest absolute Gasteiger partial charge is 0.364 e. The molecule has 0 aliphatic carbocycles. The van der Waals surface area contributed by atoms with Gasteiger partial charge in [0.1, 0.15) is 5.69 Å². The van der Waals surface area contributed by atoms with Gasteiger partial charge in [-0.2, -0.15) is 5.10 Å². The Morgan fingerprint density at radius 1 is 1.47 bits per heavy atom. The van der Waals surface area contributed by atoms with Gasteiger partial charge >= 0.3 is 0 Å². The second kappa shape index (κ2) is 3.53. The molecule has 2 aromatic rings. The van der Waals surface area contributed by atoms with Crippen LogP contribution in [0.15, 0.2) is 24.4 Å². The number of hydrogen-bond acceptors (Lipinski definition) is 3. The quantitative estimate of drug-likeness (QED) is 0.758. The zero-order valence-electron chi connectivity index (χ0n) is 8.19. The minimum Gasteiger partial charge on any atom is -0.364 e. The van der Waals surface area contributed by atoms with Crippen LogP contribution in [0.1, 0.15) is 16.1 Å². The Morgan fingerprint density at radius 3 is 2.87 bits per heavy atom. The van der Waals surface area contributed by atoms with Crippen LogP contribution >= 0.6 is 0 Å². The predicted octanol–water partition coefficient (Wildman–Crippen LogP) is 0.879. The van der Waals surface area contributed by atoms with E-state index in [1.54, 1.807) is 24.4 Å². The van der Waals surface area contributed by atoms with Gasteiger partial charge in [-0.1, -0.05) is 6.07 Å². The Labute approximate surface area is 86.3 Å². The summed E-state index contributed by atoms with van der Waals surface area (Å²) in [6, 6.07) is 5.12. The van der Waals surface area contributed by atoms with Crippen LogP contribution < -0.4 is 5.73 Å². The van der Waals surface area contributed by atoms with Crippen molar-refractivity contribution in [2.75, 3.05) is 0 Å². The number of amides is 1. The van der Waals surface area contributed by atoms with E-state index in [1.807, 2.05) is 6.92 Å². The molecule has 15 heavy (non-hydrogen) atoms. The van der Waals surface area contributed by atoms with Crippen LogP contribution in [-0.2, 0) is 0 Å². The summed E-state index contributed by atoms with van der Waals surface area (Å²) in [6.45, 7) is 1.91. The van der Waals surface area contributed by atoms with E-state index in [2.05, 4.69) is 15.2 Å². The third-order valence-corrected chi connectivity index (χ3v) is 2.09. The topological polar surface area (TPSA) is 84.7 Å². The Hall–Kier alpha value is -2.17. The summed E-state index contributed by atoms with van der Waals surface area (Å²) >= 11 is 0. The van der Waals surface area contributed by atoms with Gasteiger partial charge < -0.3 is 5.73 Å². The summed E-state index contributed by atoms with van der Waals surface area (Å²) in [4.78, 5) is 15.1.